The Kier molecular flexibility index (Phi) is 58.4. The fourth-order valence-corrected chi connectivity index (χ4v) is 17.0. The minimum Gasteiger partial charge on any atom is -0.403 e. The van der Waals surface area contributed by atoms with Crippen LogP contribution >= 0.6 is 58.2 Å². The summed E-state index contributed by atoms with van der Waals surface area (Å²) in [4.78, 5) is 0. The van der Waals surface area contributed by atoms with E-state index < -0.39 is 41.4 Å². The second-order valence-corrected chi connectivity index (χ2v) is 41.5. The minimum absolute atomic E-state index is 0.0302. The van der Waals surface area contributed by atoms with Crippen LogP contribution in [0.1, 0.15) is 372 Å². The molecule has 1 saturated carbocycles. The van der Waals surface area contributed by atoms with Gasteiger partial charge in [-0.1, -0.05) is 219 Å². The first-order chi connectivity index (χ1) is 62.4. The van der Waals surface area contributed by atoms with Gasteiger partial charge >= 0.3 is 18.7 Å². The van der Waals surface area contributed by atoms with Gasteiger partial charge in [0, 0.05) is 37.9 Å². The van der Waals surface area contributed by atoms with E-state index in [0.717, 1.165) is 145 Å². The molecule has 0 radical (unpaired) electrons. The molecule has 0 amide bonds. The van der Waals surface area contributed by atoms with Gasteiger partial charge in [0.25, 0.3) is 0 Å². The molecule has 9 N–H and O–H groups in total. The fraction of sp³-hybridized carbons (Fsp3) is 0.611. The van der Waals surface area contributed by atoms with Crippen LogP contribution in [0.25, 0.3) is 0 Å². The standard InChI is InChI=1S/C17H24ClF.C16H24ClFS.C16H23F4NO2.C15H22ClFO.2C15H22F3N.C14H21ClFN/c1-11(2)15-9-13(10-16(18)17(15)19)6-4-5-12(3)14-7-8-14;1-11(2)14-8-13(9-15(17)16(14)18)7-5-6-12(3)10-19-4;1-10(2)13-7-11(5-4-6-12(21)9-22-3)8-14(15(13)17)23-16(18,19)20;1-10(2)13-7-12(8-14(16)15(13)17)6-4-5-11(3)9-18;1-10(2)13-7-12(6-4-5-11(3)19)8-14(9-13)15(16,17)18;1-10(2)12-7-8-14(15(16,17)18)13(9-12)6-4-5-11(3)19;1-9(2)12-7-11(6-4-5-10(3)17)8-13(15)14(12)16/h9-12,14H,4-8H2,1-3H3;8-9,11-12H,5-7,10H2,1-4H3;7-8,10,12H,4-6,9,21H2,1-3H3;7-8,10-11,18H,4-6,9H2,1-3H3;2*7-11H,4-6,19H2,1-3H3;7-10H,4-6,17H2,1-3H3/t3*12-;3*11-;10-/m1111000/s1. The Labute approximate surface area is 819 Å². The normalized spacial score (nSPS) is 13.9. The van der Waals surface area contributed by atoms with Gasteiger partial charge in [-0.05, 0) is 366 Å². The summed E-state index contributed by atoms with van der Waals surface area (Å²) in [5.41, 5.74) is 32.8. The third kappa shape index (κ3) is 49.2. The molecule has 1 aliphatic carbocycles. The number of benzene rings is 7. The van der Waals surface area contributed by atoms with E-state index >= 15 is 0 Å². The van der Waals surface area contributed by atoms with Crippen LogP contribution in [0, 0.1) is 52.8 Å². The zero-order chi connectivity index (χ0) is 102. The number of thioether (sulfide) groups is 1. The molecule has 7 atom stereocenters. The molecule has 0 heterocycles. The Hall–Kier alpha value is -5.37. The van der Waals surface area contributed by atoms with E-state index in [1.165, 1.54) is 61.6 Å². The van der Waals surface area contributed by atoms with E-state index in [9.17, 15) is 61.5 Å². The lowest BCUT2D eigenvalue weighted by Gasteiger charge is -2.16. The highest BCUT2D eigenvalue weighted by Crippen LogP contribution is 2.41. The molecule has 7 nitrogen and oxygen atoms in total. The molecule has 26 heteroatoms. The molecule has 8 rings (SSSR count). The van der Waals surface area contributed by atoms with Crippen molar-refractivity contribution in [2.24, 2.45) is 46.6 Å². The van der Waals surface area contributed by atoms with Gasteiger partial charge in [-0.3, -0.25) is 0 Å². The number of aryl methyl sites for hydroxylation is 7. The van der Waals surface area contributed by atoms with Gasteiger partial charge in [-0.2, -0.15) is 38.1 Å². The third-order valence-electron chi connectivity index (χ3n) is 23.5. The summed E-state index contributed by atoms with van der Waals surface area (Å²) in [6.07, 6.45) is 10.00. The van der Waals surface area contributed by atoms with Gasteiger partial charge in [0.05, 0.1) is 37.8 Å². The van der Waals surface area contributed by atoms with Crippen molar-refractivity contribution in [2.45, 2.75) is 370 Å². The SMILES string of the molecule is CC(C)c1cc(CCC[C@@H](C)C2CC2)cc(Cl)c1F.CC(C)c1cc(CCC[C@@H](C)CO)cc(Cl)c1F.CC(C)c1cc(CCC[C@H](C)N)cc(C(F)(F)F)c1.CC(C)c1cc(CCC[C@H](C)N)cc(Cl)c1F.CC(C)c1ccc(C(F)(F)F)c(CCC[C@H](C)N)c1.COC[C@H](N)CCCc1cc(OC(F)(F)F)c(F)c(C(C)C)c1.CSC[C@H](C)CCCc1cc(Cl)c(F)c(C(C)C)c1. The maximum Gasteiger partial charge on any atom is 0.573 e. The number of aliphatic hydroxyl groups excluding tert-OH is 1. The largest absolute Gasteiger partial charge is 0.573 e. The zero-order valence-corrected chi connectivity index (χ0v) is 87.4. The summed E-state index contributed by atoms with van der Waals surface area (Å²) >= 11 is 25.7. The number of methoxy groups -OCH3 is 1. The molecule has 1 fully saturated rings. The van der Waals surface area contributed by atoms with Crippen molar-refractivity contribution < 1.29 is 76.0 Å². The van der Waals surface area contributed by atoms with Crippen LogP contribution in [0.3, 0.4) is 0 Å². The van der Waals surface area contributed by atoms with Crippen LogP contribution in [-0.4, -0.2) is 68.0 Å². The number of ether oxygens (including phenoxy) is 2. The van der Waals surface area contributed by atoms with Crippen LogP contribution in [0.2, 0.25) is 20.1 Å². The molecule has 0 aromatic heterocycles. The van der Waals surface area contributed by atoms with E-state index in [1.807, 2.05) is 153 Å². The summed E-state index contributed by atoms with van der Waals surface area (Å²) in [5, 5.41) is 9.94. The van der Waals surface area contributed by atoms with Crippen LogP contribution in [0.4, 0.5) is 61.5 Å². The number of rotatable bonds is 42. The molecular weight excluding hydrogens is 1840 g/mol. The Morgan fingerprint density at radius 3 is 1.04 bits per heavy atom. The lowest BCUT2D eigenvalue weighted by atomic mass is 9.94. The number of hydrogen-bond acceptors (Lipinski definition) is 8. The Balaban J connectivity index is 0.000000530. The molecule has 0 bridgehead atoms. The maximum atomic E-state index is 14.1. The zero-order valence-electron chi connectivity index (χ0n) is 83.6. The number of alkyl halides is 9. The average molecular weight is 2000 g/mol. The lowest BCUT2D eigenvalue weighted by Crippen LogP contribution is -2.25. The van der Waals surface area contributed by atoms with Crippen LogP contribution in [0.5, 0.6) is 5.75 Å². The molecule has 0 unspecified atom stereocenters. The topological polar surface area (TPSA) is 143 Å². The first-order valence-corrected chi connectivity index (χ1v) is 50.8. The fourth-order valence-electron chi connectivity index (χ4n) is 15.2. The summed E-state index contributed by atoms with van der Waals surface area (Å²) in [6, 6.07) is 26.6. The van der Waals surface area contributed by atoms with Gasteiger partial charge < -0.3 is 37.5 Å². The number of aliphatic hydroxyl groups is 1. The van der Waals surface area contributed by atoms with Crippen molar-refractivity contribution in [2.75, 3.05) is 32.3 Å². The molecule has 7 aromatic rings. The summed E-state index contributed by atoms with van der Waals surface area (Å²) in [7, 11) is 1.55. The number of halogens is 18. The monoisotopic (exact) mass is 2000 g/mol. The minimum atomic E-state index is -4.92. The third-order valence-corrected chi connectivity index (χ3v) is 25.5. The van der Waals surface area contributed by atoms with Crippen molar-refractivity contribution in [3.63, 3.8) is 0 Å². The summed E-state index contributed by atoms with van der Waals surface area (Å²) in [6.45, 7) is 40.2. The highest BCUT2D eigenvalue weighted by molar-refractivity contribution is 7.98. The molecule has 0 saturated heterocycles. The predicted octanol–water partition coefficient (Wildman–Crippen LogP) is 33.9. The van der Waals surface area contributed by atoms with E-state index in [0.29, 0.717) is 73.3 Å². The van der Waals surface area contributed by atoms with E-state index in [-0.39, 0.29) is 121 Å². The van der Waals surface area contributed by atoms with Crippen LogP contribution < -0.4 is 27.7 Å². The van der Waals surface area contributed by atoms with Crippen LogP contribution in [0.15, 0.2) is 97.1 Å². The molecule has 760 valence electrons. The van der Waals surface area contributed by atoms with Crippen molar-refractivity contribution in [3.8, 4) is 5.75 Å². The molecule has 134 heavy (non-hydrogen) atoms. The second kappa shape index (κ2) is 62.7. The van der Waals surface area contributed by atoms with Gasteiger partial charge in [0.15, 0.2) is 11.6 Å². The maximum absolute atomic E-state index is 14.1. The van der Waals surface area contributed by atoms with Gasteiger partial charge in [-0.25, -0.2) is 22.0 Å². The number of nitrogens with two attached hydrogens (primary N) is 4. The highest BCUT2D eigenvalue weighted by Gasteiger charge is 2.36. The lowest BCUT2D eigenvalue weighted by molar-refractivity contribution is -0.275. The first-order valence-electron chi connectivity index (χ1n) is 47.9. The van der Waals surface area contributed by atoms with Crippen molar-refractivity contribution >= 4 is 58.2 Å². The molecule has 1 aliphatic rings. The van der Waals surface area contributed by atoms with E-state index in [2.05, 4.69) is 24.8 Å². The quantitative estimate of drug-likeness (QED) is 0.0238. The predicted molar refractivity (Wildman–Crippen MR) is 537 cm³/mol. The first kappa shape index (κ1) is 125. The number of hydrogen-bond donors (Lipinski definition) is 5. The average Bonchev–Trinajstić information content (AvgIpc) is 0.927. The Morgan fingerprint density at radius 1 is 0.381 bits per heavy atom. The van der Waals surface area contributed by atoms with Crippen LogP contribution in [-0.2, 0) is 62.0 Å². The smallest absolute Gasteiger partial charge is 0.403 e. The van der Waals surface area contributed by atoms with Gasteiger partial charge in [-0.15, -0.1) is 13.2 Å². The van der Waals surface area contributed by atoms with E-state index in [1.54, 1.807) is 63.4 Å². The van der Waals surface area contributed by atoms with Gasteiger partial charge in [0.1, 0.15) is 23.3 Å². The Bertz CT molecular complexity index is 4510. The summed E-state index contributed by atoms with van der Waals surface area (Å²) < 4.78 is 193. The van der Waals surface area contributed by atoms with Crippen molar-refractivity contribution in [1.82, 2.24) is 0 Å². The molecule has 0 aliphatic heterocycles. The second-order valence-electron chi connectivity index (χ2n) is 39.0. The molecule has 0 spiro atoms. The molecular formula is C108H158Cl4F14N4O3S. The summed E-state index contributed by atoms with van der Waals surface area (Å²) in [5.74, 6) is 2.02. The Morgan fingerprint density at radius 2 is 0.716 bits per heavy atom. The van der Waals surface area contributed by atoms with Crippen molar-refractivity contribution in [1.29, 1.82) is 0 Å². The van der Waals surface area contributed by atoms with Gasteiger partial charge in [0.2, 0.25) is 0 Å². The van der Waals surface area contributed by atoms with Crippen molar-refractivity contribution in [3.05, 3.63) is 235 Å². The van der Waals surface area contributed by atoms with E-state index in [4.69, 9.17) is 79.2 Å². The highest BCUT2D eigenvalue weighted by atomic mass is 35.5. The molecule has 7 aromatic carbocycles.